The second kappa shape index (κ2) is 8.92. The number of aromatic nitrogens is 2. The van der Waals surface area contributed by atoms with Crippen molar-refractivity contribution in [1.29, 1.82) is 0 Å². The molecule has 0 spiro atoms. The van der Waals surface area contributed by atoms with Crippen molar-refractivity contribution in [3.63, 3.8) is 0 Å². The Bertz CT molecular complexity index is 822. The van der Waals surface area contributed by atoms with Gasteiger partial charge < -0.3 is 16.8 Å². The fraction of sp³-hybridized carbons (Fsp3) is 0.474. The SMILES string of the molecule is NCC1CCC(Cc2nc(NCc3ccc(F)cc3)nc(N)c2[N+](=O)[O-])CC1. The summed E-state index contributed by atoms with van der Waals surface area (Å²) in [5.41, 5.74) is 12.6. The highest BCUT2D eigenvalue weighted by Crippen LogP contribution is 2.34. The Kier molecular flexibility index (Phi) is 6.35. The zero-order chi connectivity index (χ0) is 20.1. The summed E-state index contributed by atoms with van der Waals surface area (Å²) in [4.78, 5) is 19.4. The number of nitrogens with two attached hydrogens (primary N) is 2. The fourth-order valence-corrected chi connectivity index (χ4v) is 3.67. The molecular formula is C19H25FN6O2. The number of nitrogens with zero attached hydrogens (tertiary/aromatic N) is 3. The summed E-state index contributed by atoms with van der Waals surface area (Å²) in [7, 11) is 0. The third kappa shape index (κ3) is 4.92. The molecule has 0 aliphatic heterocycles. The number of anilines is 2. The molecule has 0 amide bonds. The predicted molar refractivity (Wildman–Crippen MR) is 105 cm³/mol. The molecule has 1 aromatic heterocycles. The molecule has 0 atom stereocenters. The lowest BCUT2D eigenvalue weighted by Crippen LogP contribution is -2.23. The summed E-state index contributed by atoms with van der Waals surface area (Å²) in [5, 5.41) is 14.5. The lowest BCUT2D eigenvalue weighted by Gasteiger charge is -2.27. The lowest BCUT2D eigenvalue weighted by atomic mass is 9.80. The van der Waals surface area contributed by atoms with Crippen molar-refractivity contribution in [2.75, 3.05) is 17.6 Å². The van der Waals surface area contributed by atoms with Crippen LogP contribution >= 0.6 is 0 Å². The Morgan fingerprint density at radius 2 is 1.79 bits per heavy atom. The van der Waals surface area contributed by atoms with Crippen LogP contribution in [0.3, 0.4) is 0 Å². The molecule has 0 saturated heterocycles. The van der Waals surface area contributed by atoms with E-state index in [1.54, 1.807) is 12.1 Å². The van der Waals surface area contributed by atoms with Crippen LogP contribution in [0.1, 0.15) is 36.9 Å². The van der Waals surface area contributed by atoms with E-state index in [1.165, 1.54) is 12.1 Å². The molecule has 1 heterocycles. The number of nitrogens with one attached hydrogen (secondary N) is 1. The van der Waals surface area contributed by atoms with E-state index >= 15 is 0 Å². The van der Waals surface area contributed by atoms with E-state index in [4.69, 9.17) is 11.5 Å². The van der Waals surface area contributed by atoms with Crippen molar-refractivity contribution in [3.05, 3.63) is 51.5 Å². The minimum Gasteiger partial charge on any atom is -0.378 e. The maximum atomic E-state index is 13.0. The minimum absolute atomic E-state index is 0.146. The second-order valence-corrected chi connectivity index (χ2v) is 7.29. The van der Waals surface area contributed by atoms with Crippen LogP contribution in [0.25, 0.3) is 0 Å². The summed E-state index contributed by atoms with van der Waals surface area (Å²) < 4.78 is 13.0. The molecule has 2 aromatic rings. The molecule has 0 bridgehead atoms. The van der Waals surface area contributed by atoms with Crippen molar-refractivity contribution in [2.24, 2.45) is 17.6 Å². The molecule has 5 N–H and O–H groups in total. The van der Waals surface area contributed by atoms with Crippen LogP contribution in [-0.4, -0.2) is 21.4 Å². The van der Waals surface area contributed by atoms with Crippen molar-refractivity contribution < 1.29 is 9.31 Å². The molecule has 1 aromatic carbocycles. The Labute approximate surface area is 162 Å². The van der Waals surface area contributed by atoms with Gasteiger partial charge in [0.2, 0.25) is 11.8 Å². The van der Waals surface area contributed by atoms with Gasteiger partial charge in [-0.1, -0.05) is 12.1 Å². The standard InChI is InChI=1S/C19H25FN6O2/c20-15-7-5-14(6-8-15)11-23-19-24-16(17(26(27)28)18(22)25-19)9-12-1-3-13(10-21)4-2-12/h5-8,12-13H,1-4,9-11,21H2,(H3,22,23,24,25). The van der Waals surface area contributed by atoms with Crippen molar-refractivity contribution in [2.45, 2.75) is 38.6 Å². The lowest BCUT2D eigenvalue weighted by molar-refractivity contribution is -0.385. The molecular weight excluding hydrogens is 363 g/mol. The van der Waals surface area contributed by atoms with Gasteiger partial charge in [-0.25, -0.2) is 9.37 Å². The van der Waals surface area contributed by atoms with Gasteiger partial charge in [0.05, 0.1) is 4.92 Å². The molecule has 3 rings (SSSR count). The van der Waals surface area contributed by atoms with Crippen LogP contribution in [0.4, 0.5) is 21.8 Å². The zero-order valence-electron chi connectivity index (χ0n) is 15.6. The molecule has 1 aliphatic rings. The quantitative estimate of drug-likeness (QED) is 0.490. The molecule has 28 heavy (non-hydrogen) atoms. The summed E-state index contributed by atoms with van der Waals surface area (Å²) >= 11 is 0. The molecule has 8 nitrogen and oxygen atoms in total. The van der Waals surface area contributed by atoms with Crippen molar-refractivity contribution in [1.82, 2.24) is 9.97 Å². The number of hydrogen-bond acceptors (Lipinski definition) is 7. The maximum absolute atomic E-state index is 13.0. The molecule has 1 saturated carbocycles. The number of nitro groups is 1. The Morgan fingerprint density at radius 1 is 1.14 bits per heavy atom. The van der Waals surface area contributed by atoms with E-state index in [2.05, 4.69) is 15.3 Å². The van der Waals surface area contributed by atoms with Crippen LogP contribution in [0.2, 0.25) is 0 Å². The van der Waals surface area contributed by atoms with Gasteiger partial charge in [-0.3, -0.25) is 10.1 Å². The topological polar surface area (TPSA) is 133 Å². The highest BCUT2D eigenvalue weighted by atomic mass is 19.1. The largest absolute Gasteiger partial charge is 0.378 e. The van der Waals surface area contributed by atoms with Gasteiger partial charge in [-0.2, -0.15) is 4.98 Å². The van der Waals surface area contributed by atoms with Crippen LogP contribution in [0.15, 0.2) is 24.3 Å². The number of halogens is 1. The number of hydrogen-bond donors (Lipinski definition) is 3. The molecule has 0 unspecified atom stereocenters. The summed E-state index contributed by atoms with van der Waals surface area (Å²) in [5.74, 6) is 0.631. The maximum Gasteiger partial charge on any atom is 0.332 e. The van der Waals surface area contributed by atoms with Crippen LogP contribution in [0, 0.1) is 27.8 Å². The Hall–Kier alpha value is -2.81. The van der Waals surface area contributed by atoms with Gasteiger partial charge in [0.25, 0.3) is 0 Å². The van der Waals surface area contributed by atoms with Gasteiger partial charge in [-0.15, -0.1) is 0 Å². The normalized spacial score (nSPS) is 19.4. The van der Waals surface area contributed by atoms with Crippen LogP contribution in [0.5, 0.6) is 0 Å². The Balaban J connectivity index is 1.75. The zero-order valence-corrected chi connectivity index (χ0v) is 15.6. The van der Waals surface area contributed by atoms with E-state index in [9.17, 15) is 14.5 Å². The number of benzene rings is 1. The van der Waals surface area contributed by atoms with Gasteiger partial charge in [0.1, 0.15) is 11.5 Å². The van der Waals surface area contributed by atoms with Gasteiger partial charge >= 0.3 is 5.69 Å². The minimum atomic E-state index is -0.514. The number of rotatable bonds is 7. The summed E-state index contributed by atoms with van der Waals surface area (Å²) in [6.07, 6.45) is 4.50. The van der Waals surface area contributed by atoms with E-state index in [0.29, 0.717) is 37.0 Å². The van der Waals surface area contributed by atoms with Crippen molar-refractivity contribution in [3.8, 4) is 0 Å². The monoisotopic (exact) mass is 388 g/mol. The molecule has 150 valence electrons. The van der Waals surface area contributed by atoms with E-state index < -0.39 is 4.92 Å². The van der Waals surface area contributed by atoms with Gasteiger partial charge in [0, 0.05) is 6.54 Å². The van der Waals surface area contributed by atoms with Crippen LogP contribution in [-0.2, 0) is 13.0 Å². The Morgan fingerprint density at radius 3 is 2.39 bits per heavy atom. The third-order valence-electron chi connectivity index (χ3n) is 5.31. The van der Waals surface area contributed by atoms with Crippen molar-refractivity contribution >= 4 is 17.5 Å². The average molecular weight is 388 g/mol. The first-order valence-corrected chi connectivity index (χ1v) is 9.45. The average Bonchev–Trinajstić information content (AvgIpc) is 2.67. The van der Waals surface area contributed by atoms with E-state index in [0.717, 1.165) is 31.2 Å². The van der Waals surface area contributed by atoms with Gasteiger partial charge in [-0.05, 0) is 68.2 Å². The summed E-state index contributed by atoms with van der Waals surface area (Å²) in [6.45, 7) is 1.04. The highest BCUT2D eigenvalue weighted by molar-refractivity contribution is 5.58. The highest BCUT2D eigenvalue weighted by Gasteiger charge is 2.27. The van der Waals surface area contributed by atoms with E-state index in [-0.39, 0.29) is 23.3 Å². The third-order valence-corrected chi connectivity index (χ3v) is 5.31. The molecule has 9 heteroatoms. The van der Waals surface area contributed by atoms with Crippen LogP contribution < -0.4 is 16.8 Å². The predicted octanol–water partition coefficient (Wildman–Crippen LogP) is 3.03. The molecule has 0 radical (unpaired) electrons. The van der Waals surface area contributed by atoms with E-state index in [1.807, 2.05) is 0 Å². The first-order chi connectivity index (χ1) is 13.5. The first-order valence-electron chi connectivity index (χ1n) is 9.45. The molecule has 1 aliphatic carbocycles. The van der Waals surface area contributed by atoms with Gasteiger partial charge in [0.15, 0.2) is 0 Å². The smallest absolute Gasteiger partial charge is 0.332 e. The fourth-order valence-electron chi connectivity index (χ4n) is 3.67. The molecule has 1 fully saturated rings. The number of nitrogen functional groups attached to an aromatic ring is 1. The second-order valence-electron chi connectivity index (χ2n) is 7.29. The summed E-state index contributed by atoms with van der Waals surface area (Å²) in [6, 6.07) is 6.03. The first kappa shape index (κ1) is 19.9.